The van der Waals surface area contributed by atoms with Crippen LogP contribution in [0.1, 0.15) is 18.4 Å². The summed E-state index contributed by atoms with van der Waals surface area (Å²) in [5.74, 6) is -0.0406. The molecule has 0 aliphatic carbocycles. The van der Waals surface area contributed by atoms with E-state index < -0.39 is 0 Å². The zero-order chi connectivity index (χ0) is 10.1. The predicted molar refractivity (Wildman–Crippen MR) is 56.9 cm³/mol. The summed E-state index contributed by atoms with van der Waals surface area (Å²) in [7, 11) is 2.01. The molecule has 0 saturated heterocycles. The van der Waals surface area contributed by atoms with Gasteiger partial charge in [0.15, 0.2) is 0 Å². The van der Waals surface area contributed by atoms with Crippen LogP contribution in [0.5, 0.6) is 0 Å². The fraction of sp³-hybridized carbons (Fsp3) is 0.250. The van der Waals surface area contributed by atoms with Gasteiger partial charge in [-0.1, -0.05) is 18.2 Å². The standard InChI is InChI=1S/C12H12N2/c1-9(7-13)11-8-14(2)12-6-4-3-5-10(11)12/h3-6,8-9H,1-2H3/t9-/m1/s1. The van der Waals surface area contributed by atoms with E-state index in [0.29, 0.717) is 0 Å². The lowest BCUT2D eigenvalue weighted by Crippen LogP contribution is -1.86. The normalized spacial score (nSPS) is 12.6. The molecule has 0 bridgehead atoms. The molecule has 1 aromatic heterocycles. The summed E-state index contributed by atoms with van der Waals surface area (Å²) in [5, 5.41) is 10.1. The molecule has 0 spiro atoms. The molecule has 0 amide bonds. The van der Waals surface area contributed by atoms with Gasteiger partial charge in [-0.15, -0.1) is 0 Å². The summed E-state index contributed by atoms with van der Waals surface area (Å²) in [6.07, 6.45) is 2.04. The zero-order valence-corrected chi connectivity index (χ0v) is 8.36. The Morgan fingerprint density at radius 2 is 2.07 bits per heavy atom. The minimum absolute atomic E-state index is 0.0406. The lowest BCUT2D eigenvalue weighted by Gasteiger charge is -1.98. The number of nitrogens with zero attached hydrogens (tertiary/aromatic N) is 2. The third-order valence-electron chi connectivity index (χ3n) is 2.59. The molecule has 0 fully saturated rings. The van der Waals surface area contributed by atoms with Crippen molar-refractivity contribution in [3.8, 4) is 6.07 Å². The molecule has 0 saturated carbocycles. The van der Waals surface area contributed by atoms with Crippen LogP contribution in [0.15, 0.2) is 30.5 Å². The van der Waals surface area contributed by atoms with Gasteiger partial charge in [0.2, 0.25) is 0 Å². The topological polar surface area (TPSA) is 28.7 Å². The zero-order valence-electron chi connectivity index (χ0n) is 8.36. The summed E-state index contributed by atoms with van der Waals surface area (Å²) in [4.78, 5) is 0. The monoisotopic (exact) mass is 184 g/mol. The molecule has 0 aliphatic rings. The Labute approximate surface area is 83.4 Å². The number of rotatable bonds is 1. The van der Waals surface area contributed by atoms with Crippen LogP contribution in [0.3, 0.4) is 0 Å². The minimum atomic E-state index is -0.0406. The number of hydrogen-bond acceptors (Lipinski definition) is 1. The largest absolute Gasteiger partial charge is 0.350 e. The van der Waals surface area contributed by atoms with Gasteiger partial charge in [0.25, 0.3) is 0 Å². The van der Waals surface area contributed by atoms with Crippen molar-refractivity contribution >= 4 is 10.9 Å². The predicted octanol–water partition coefficient (Wildman–Crippen LogP) is 2.81. The number of nitriles is 1. The smallest absolute Gasteiger partial charge is 0.0705 e. The van der Waals surface area contributed by atoms with Crippen molar-refractivity contribution in [2.24, 2.45) is 7.05 Å². The van der Waals surface area contributed by atoms with Crippen molar-refractivity contribution in [1.82, 2.24) is 4.57 Å². The van der Waals surface area contributed by atoms with Crippen LogP contribution in [-0.4, -0.2) is 4.57 Å². The van der Waals surface area contributed by atoms with E-state index in [1.54, 1.807) is 0 Å². The van der Waals surface area contributed by atoms with E-state index in [1.807, 2.05) is 32.3 Å². The van der Waals surface area contributed by atoms with Crippen LogP contribution in [0.4, 0.5) is 0 Å². The van der Waals surface area contributed by atoms with E-state index in [4.69, 9.17) is 5.26 Å². The SMILES string of the molecule is C[C@H](C#N)c1cn(C)c2ccccc12. The number of aryl methyl sites for hydroxylation is 1. The highest BCUT2D eigenvalue weighted by atomic mass is 14.9. The molecule has 0 aliphatic heterocycles. The molecule has 14 heavy (non-hydrogen) atoms. The first-order valence-electron chi connectivity index (χ1n) is 4.67. The highest BCUT2D eigenvalue weighted by Crippen LogP contribution is 2.26. The summed E-state index contributed by atoms with van der Waals surface area (Å²) in [6, 6.07) is 10.4. The average Bonchev–Trinajstić information content (AvgIpc) is 2.56. The van der Waals surface area contributed by atoms with Crippen LogP contribution in [-0.2, 0) is 7.05 Å². The Balaban J connectivity index is 2.74. The maximum atomic E-state index is 8.90. The number of aromatic nitrogens is 1. The summed E-state index contributed by atoms with van der Waals surface area (Å²) < 4.78 is 2.07. The molecule has 1 heterocycles. The van der Waals surface area contributed by atoms with E-state index in [9.17, 15) is 0 Å². The van der Waals surface area contributed by atoms with Gasteiger partial charge in [-0.25, -0.2) is 0 Å². The first-order valence-corrected chi connectivity index (χ1v) is 4.67. The molecule has 2 heteroatoms. The van der Waals surface area contributed by atoms with E-state index in [1.165, 1.54) is 10.9 Å². The quantitative estimate of drug-likeness (QED) is 0.670. The van der Waals surface area contributed by atoms with E-state index in [-0.39, 0.29) is 5.92 Å². The Kier molecular flexibility index (Phi) is 2.01. The van der Waals surface area contributed by atoms with Crippen LogP contribution in [0.25, 0.3) is 10.9 Å². The molecule has 2 aromatic rings. The van der Waals surface area contributed by atoms with E-state index in [0.717, 1.165) is 5.56 Å². The van der Waals surface area contributed by atoms with Crippen molar-refractivity contribution in [2.75, 3.05) is 0 Å². The summed E-state index contributed by atoms with van der Waals surface area (Å²) in [5.41, 5.74) is 2.30. The Bertz CT molecular complexity index is 503. The molecule has 1 aromatic carbocycles. The van der Waals surface area contributed by atoms with Crippen molar-refractivity contribution in [3.63, 3.8) is 0 Å². The van der Waals surface area contributed by atoms with Crippen LogP contribution < -0.4 is 0 Å². The second kappa shape index (κ2) is 3.19. The highest BCUT2D eigenvalue weighted by Gasteiger charge is 2.11. The first kappa shape index (κ1) is 8.83. The van der Waals surface area contributed by atoms with E-state index in [2.05, 4.69) is 22.8 Å². The Morgan fingerprint density at radius 3 is 2.79 bits per heavy atom. The van der Waals surface area contributed by atoms with Crippen molar-refractivity contribution in [1.29, 1.82) is 5.26 Å². The number of para-hydroxylation sites is 1. The molecule has 70 valence electrons. The second-order valence-electron chi connectivity index (χ2n) is 3.56. The minimum Gasteiger partial charge on any atom is -0.350 e. The van der Waals surface area contributed by atoms with Gasteiger partial charge in [-0.3, -0.25) is 0 Å². The van der Waals surface area contributed by atoms with Gasteiger partial charge in [-0.2, -0.15) is 5.26 Å². The molecule has 0 N–H and O–H groups in total. The van der Waals surface area contributed by atoms with Gasteiger partial charge in [0.1, 0.15) is 0 Å². The Hall–Kier alpha value is -1.75. The highest BCUT2D eigenvalue weighted by molar-refractivity contribution is 5.84. The van der Waals surface area contributed by atoms with Crippen LogP contribution in [0.2, 0.25) is 0 Å². The number of fused-ring (bicyclic) bond motifs is 1. The molecular weight excluding hydrogens is 172 g/mol. The maximum absolute atomic E-state index is 8.90. The first-order chi connectivity index (χ1) is 6.74. The van der Waals surface area contributed by atoms with Gasteiger partial charge < -0.3 is 4.57 Å². The van der Waals surface area contributed by atoms with Crippen LogP contribution >= 0.6 is 0 Å². The fourth-order valence-corrected chi connectivity index (χ4v) is 1.79. The van der Waals surface area contributed by atoms with Gasteiger partial charge in [0.05, 0.1) is 12.0 Å². The molecule has 2 rings (SSSR count). The average molecular weight is 184 g/mol. The third-order valence-corrected chi connectivity index (χ3v) is 2.59. The molecule has 0 unspecified atom stereocenters. The van der Waals surface area contributed by atoms with Gasteiger partial charge in [0, 0.05) is 24.1 Å². The summed E-state index contributed by atoms with van der Waals surface area (Å²) >= 11 is 0. The molecule has 2 nitrogen and oxygen atoms in total. The lowest BCUT2D eigenvalue weighted by molar-refractivity contribution is 0.928. The second-order valence-corrected chi connectivity index (χ2v) is 3.56. The van der Waals surface area contributed by atoms with Crippen molar-refractivity contribution < 1.29 is 0 Å². The lowest BCUT2D eigenvalue weighted by atomic mass is 10.0. The Morgan fingerprint density at radius 1 is 1.36 bits per heavy atom. The third kappa shape index (κ3) is 1.18. The molecular formula is C12H12N2. The van der Waals surface area contributed by atoms with E-state index >= 15 is 0 Å². The van der Waals surface area contributed by atoms with Gasteiger partial charge >= 0.3 is 0 Å². The number of benzene rings is 1. The van der Waals surface area contributed by atoms with Crippen molar-refractivity contribution in [3.05, 3.63) is 36.0 Å². The molecule has 0 radical (unpaired) electrons. The molecule has 1 atom stereocenters. The van der Waals surface area contributed by atoms with Crippen LogP contribution in [0, 0.1) is 11.3 Å². The van der Waals surface area contributed by atoms with Crippen molar-refractivity contribution in [2.45, 2.75) is 12.8 Å². The fourth-order valence-electron chi connectivity index (χ4n) is 1.79. The van der Waals surface area contributed by atoms with Gasteiger partial charge in [-0.05, 0) is 18.6 Å². The number of hydrogen-bond donors (Lipinski definition) is 0. The maximum Gasteiger partial charge on any atom is 0.0705 e. The summed E-state index contributed by atoms with van der Waals surface area (Å²) in [6.45, 7) is 1.93.